The van der Waals surface area contributed by atoms with Crippen LogP contribution >= 0.6 is 0 Å². The monoisotopic (exact) mass is 186 g/mol. The lowest BCUT2D eigenvalue weighted by molar-refractivity contribution is -0.129. The molecule has 3 N–H and O–H groups in total. The molecule has 0 saturated carbocycles. The van der Waals surface area contributed by atoms with Crippen LogP contribution in [-0.2, 0) is 4.79 Å². The first-order chi connectivity index (χ1) is 6.11. The Hall–Kier alpha value is -0.610. The normalized spacial score (nSPS) is 31.0. The molecule has 2 unspecified atom stereocenters. The molecule has 0 radical (unpaired) electrons. The summed E-state index contributed by atoms with van der Waals surface area (Å²) in [4.78, 5) is 11.2. The average molecular weight is 186 g/mol. The Morgan fingerprint density at radius 1 is 1.69 bits per heavy atom. The van der Waals surface area contributed by atoms with Crippen molar-refractivity contribution in [2.75, 3.05) is 13.1 Å². The van der Waals surface area contributed by atoms with E-state index in [0.717, 1.165) is 19.5 Å². The van der Waals surface area contributed by atoms with E-state index in [2.05, 4.69) is 17.6 Å². The van der Waals surface area contributed by atoms with E-state index in [1.165, 1.54) is 6.92 Å². The molecule has 0 aromatic rings. The molecule has 1 saturated heterocycles. The quantitative estimate of drug-likeness (QED) is 0.544. The lowest BCUT2D eigenvalue weighted by atomic mass is 9.95. The van der Waals surface area contributed by atoms with E-state index in [-0.39, 0.29) is 11.9 Å². The minimum atomic E-state index is -0.901. The van der Waals surface area contributed by atoms with E-state index in [9.17, 15) is 4.79 Å². The van der Waals surface area contributed by atoms with Gasteiger partial charge in [0.25, 0.3) is 0 Å². The second-order valence-electron chi connectivity index (χ2n) is 3.76. The van der Waals surface area contributed by atoms with E-state index < -0.39 is 6.10 Å². The molecule has 1 fully saturated rings. The highest BCUT2D eigenvalue weighted by atomic mass is 16.3. The molecule has 3 atom stereocenters. The van der Waals surface area contributed by atoms with Crippen LogP contribution in [0.3, 0.4) is 0 Å². The Kier molecular flexibility index (Phi) is 3.69. The Bertz CT molecular complexity index is 182. The fourth-order valence-electron chi connectivity index (χ4n) is 1.53. The van der Waals surface area contributed by atoms with Crippen LogP contribution < -0.4 is 10.6 Å². The van der Waals surface area contributed by atoms with E-state index in [1.807, 2.05) is 0 Å². The van der Waals surface area contributed by atoms with Crippen molar-refractivity contribution >= 4 is 5.91 Å². The number of nitrogens with one attached hydrogen (secondary N) is 2. The minimum absolute atomic E-state index is 0.211. The van der Waals surface area contributed by atoms with Gasteiger partial charge in [0.05, 0.1) is 0 Å². The van der Waals surface area contributed by atoms with Gasteiger partial charge in [-0.1, -0.05) is 6.92 Å². The van der Waals surface area contributed by atoms with E-state index >= 15 is 0 Å². The molecule has 76 valence electrons. The van der Waals surface area contributed by atoms with E-state index in [1.54, 1.807) is 0 Å². The summed E-state index contributed by atoms with van der Waals surface area (Å²) in [6.45, 7) is 5.46. The molecule has 13 heavy (non-hydrogen) atoms. The van der Waals surface area contributed by atoms with Crippen LogP contribution in [0.5, 0.6) is 0 Å². The van der Waals surface area contributed by atoms with Gasteiger partial charge in [-0.05, 0) is 32.4 Å². The fraction of sp³-hybridized carbons (Fsp3) is 0.889. The predicted molar refractivity (Wildman–Crippen MR) is 50.3 cm³/mol. The highest BCUT2D eigenvalue weighted by Crippen LogP contribution is 2.10. The van der Waals surface area contributed by atoms with Gasteiger partial charge in [-0.15, -0.1) is 0 Å². The van der Waals surface area contributed by atoms with Gasteiger partial charge in [0.1, 0.15) is 6.10 Å². The Morgan fingerprint density at radius 3 is 2.92 bits per heavy atom. The first kappa shape index (κ1) is 10.5. The van der Waals surface area contributed by atoms with E-state index in [4.69, 9.17) is 5.11 Å². The summed E-state index contributed by atoms with van der Waals surface area (Å²) in [7, 11) is 0. The first-order valence-corrected chi connectivity index (χ1v) is 4.80. The molecule has 0 spiro atoms. The lowest BCUT2D eigenvalue weighted by Gasteiger charge is -2.30. The Labute approximate surface area is 78.7 Å². The number of rotatable bonds is 2. The zero-order valence-electron chi connectivity index (χ0n) is 8.21. The summed E-state index contributed by atoms with van der Waals surface area (Å²) in [6.07, 6.45) is 0.0432. The molecule has 1 heterocycles. The summed E-state index contributed by atoms with van der Waals surface area (Å²) in [5.41, 5.74) is 0. The van der Waals surface area contributed by atoms with Crippen molar-refractivity contribution < 1.29 is 9.90 Å². The molecule has 1 amide bonds. The number of amides is 1. The molecule has 1 aliphatic rings. The zero-order valence-corrected chi connectivity index (χ0v) is 8.21. The summed E-state index contributed by atoms with van der Waals surface area (Å²) < 4.78 is 0. The molecule has 1 aliphatic heterocycles. The average Bonchev–Trinajstić information content (AvgIpc) is 2.08. The second kappa shape index (κ2) is 4.58. The van der Waals surface area contributed by atoms with Crippen molar-refractivity contribution in [1.29, 1.82) is 0 Å². The Morgan fingerprint density at radius 2 is 2.38 bits per heavy atom. The van der Waals surface area contributed by atoms with Crippen molar-refractivity contribution in [1.82, 2.24) is 10.6 Å². The third-order valence-electron chi connectivity index (χ3n) is 2.49. The number of hydrogen-bond donors (Lipinski definition) is 3. The molecule has 4 nitrogen and oxygen atoms in total. The highest BCUT2D eigenvalue weighted by Gasteiger charge is 2.23. The molecule has 4 heteroatoms. The van der Waals surface area contributed by atoms with Crippen LogP contribution in [0.4, 0.5) is 0 Å². The maximum absolute atomic E-state index is 11.2. The Balaban J connectivity index is 2.38. The van der Waals surface area contributed by atoms with Crippen LogP contribution in [0, 0.1) is 5.92 Å². The van der Waals surface area contributed by atoms with Gasteiger partial charge in [-0.2, -0.15) is 0 Å². The molecule has 0 aromatic carbocycles. The summed E-state index contributed by atoms with van der Waals surface area (Å²) in [5.74, 6) is 0.176. The lowest BCUT2D eigenvalue weighted by Crippen LogP contribution is -2.50. The van der Waals surface area contributed by atoms with Crippen molar-refractivity contribution in [2.24, 2.45) is 5.92 Å². The number of piperidine rings is 1. The molecule has 0 aliphatic carbocycles. The zero-order chi connectivity index (χ0) is 9.84. The molecule has 0 bridgehead atoms. The third-order valence-corrected chi connectivity index (χ3v) is 2.49. The van der Waals surface area contributed by atoms with Crippen molar-refractivity contribution in [3.63, 3.8) is 0 Å². The van der Waals surface area contributed by atoms with Gasteiger partial charge in [-0.25, -0.2) is 0 Å². The largest absolute Gasteiger partial charge is 0.384 e. The van der Waals surface area contributed by atoms with Gasteiger partial charge >= 0.3 is 0 Å². The maximum Gasteiger partial charge on any atom is 0.248 e. The summed E-state index contributed by atoms with van der Waals surface area (Å²) in [5, 5.41) is 15.1. The van der Waals surface area contributed by atoms with Gasteiger partial charge in [0.2, 0.25) is 5.91 Å². The number of carbonyl (C=O) groups is 1. The van der Waals surface area contributed by atoms with Crippen molar-refractivity contribution in [2.45, 2.75) is 32.4 Å². The SMILES string of the molecule is CC1CNCCC1NC(=O)[C@H](C)O. The highest BCUT2D eigenvalue weighted by molar-refractivity contribution is 5.80. The first-order valence-electron chi connectivity index (χ1n) is 4.80. The van der Waals surface area contributed by atoms with Crippen LogP contribution in [-0.4, -0.2) is 36.2 Å². The summed E-state index contributed by atoms with van der Waals surface area (Å²) >= 11 is 0. The maximum atomic E-state index is 11.2. The number of carbonyl (C=O) groups excluding carboxylic acids is 1. The predicted octanol–water partition coefficient (Wildman–Crippen LogP) is -0.519. The van der Waals surface area contributed by atoms with Gasteiger partial charge in [-0.3, -0.25) is 4.79 Å². The van der Waals surface area contributed by atoms with E-state index in [0.29, 0.717) is 5.92 Å². The van der Waals surface area contributed by atoms with Crippen molar-refractivity contribution in [3.8, 4) is 0 Å². The number of aliphatic hydroxyl groups is 1. The second-order valence-corrected chi connectivity index (χ2v) is 3.76. The van der Waals surface area contributed by atoms with Crippen molar-refractivity contribution in [3.05, 3.63) is 0 Å². The molecule has 1 rings (SSSR count). The number of aliphatic hydroxyl groups excluding tert-OH is 1. The van der Waals surface area contributed by atoms with Crippen LogP contribution in [0.2, 0.25) is 0 Å². The smallest absolute Gasteiger partial charge is 0.248 e. The van der Waals surface area contributed by atoms with Gasteiger partial charge < -0.3 is 15.7 Å². The third kappa shape index (κ3) is 2.97. The molecule has 0 aromatic heterocycles. The molecular weight excluding hydrogens is 168 g/mol. The number of hydrogen-bond acceptors (Lipinski definition) is 3. The molecular formula is C9H18N2O2. The standard InChI is InChI=1S/C9H18N2O2/c1-6-5-10-4-3-8(6)11-9(13)7(2)12/h6-8,10,12H,3-5H2,1-2H3,(H,11,13)/t6?,7-,8?/m0/s1. The van der Waals surface area contributed by atoms with Gasteiger partial charge in [0, 0.05) is 6.04 Å². The van der Waals surface area contributed by atoms with Crippen LogP contribution in [0.1, 0.15) is 20.3 Å². The summed E-state index contributed by atoms with van der Waals surface area (Å²) in [6, 6.07) is 0.211. The van der Waals surface area contributed by atoms with Gasteiger partial charge in [0.15, 0.2) is 0 Å². The minimum Gasteiger partial charge on any atom is -0.384 e. The van der Waals surface area contributed by atoms with Crippen LogP contribution in [0.25, 0.3) is 0 Å². The topological polar surface area (TPSA) is 61.4 Å². The van der Waals surface area contributed by atoms with Crippen LogP contribution in [0.15, 0.2) is 0 Å². The fourth-order valence-corrected chi connectivity index (χ4v) is 1.53.